The summed E-state index contributed by atoms with van der Waals surface area (Å²) in [5.41, 5.74) is 0. The lowest BCUT2D eigenvalue weighted by atomic mass is 9.97. The Bertz CT molecular complexity index is 424. The molecule has 0 aromatic carbocycles. The highest BCUT2D eigenvalue weighted by molar-refractivity contribution is 7.80. The molecule has 5 atom stereocenters. The molecule has 0 spiro atoms. The summed E-state index contributed by atoms with van der Waals surface area (Å²) in [6.45, 7) is 0.334. The topological polar surface area (TPSA) is 163 Å². The molecule has 1 heterocycles. The van der Waals surface area contributed by atoms with Gasteiger partial charge in [0.05, 0.1) is 6.61 Å². The van der Waals surface area contributed by atoms with Crippen LogP contribution in [0, 0.1) is 0 Å². The number of hydrogen-bond acceptors (Lipinski definition) is 8. The summed E-state index contributed by atoms with van der Waals surface area (Å²) in [4.78, 5) is 10.8. The van der Waals surface area contributed by atoms with Crippen LogP contribution in [0.1, 0.15) is 6.92 Å². The number of hydrogen-bond donors (Lipinski definition) is 5. The Morgan fingerprint density at radius 3 is 2.37 bits per heavy atom. The van der Waals surface area contributed by atoms with Crippen LogP contribution in [0.4, 0.5) is 0 Å². The number of aliphatic hydroxyl groups is 3. The first-order valence-corrected chi connectivity index (χ1v) is 6.57. The molecular weight excluding hydrogens is 286 g/mol. The van der Waals surface area contributed by atoms with Gasteiger partial charge in [-0.2, -0.15) is 8.42 Å². The van der Waals surface area contributed by atoms with E-state index in [9.17, 15) is 28.5 Å². The van der Waals surface area contributed by atoms with E-state index in [0.717, 1.165) is 6.92 Å². The van der Waals surface area contributed by atoms with Gasteiger partial charge < -0.3 is 25.4 Å². The molecule has 0 aliphatic carbocycles. The molecule has 1 rings (SSSR count). The number of amides is 1. The fourth-order valence-electron chi connectivity index (χ4n) is 1.63. The zero-order valence-corrected chi connectivity index (χ0v) is 10.6. The molecule has 5 N–H and O–H groups in total. The van der Waals surface area contributed by atoms with Gasteiger partial charge in [-0.05, 0) is 0 Å². The van der Waals surface area contributed by atoms with Crippen LogP contribution in [0.3, 0.4) is 0 Å². The van der Waals surface area contributed by atoms with Gasteiger partial charge in [0.25, 0.3) is 0 Å². The highest BCUT2D eigenvalue weighted by Crippen LogP contribution is 2.20. The Labute approximate surface area is 108 Å². The molecule has 1 amide bonds. The van der Waals surface area contributed by atoms with E-state index in [1.807, 2.05) is 0 Å². The fourth-order valence-corrected chi connectivity index (χ4v) is 1.93. The molecule has 1 saturated heterocycles. The average molecular weight is 301 g/mol. The zero-order chi connectivity index (χ0) is 14.8. The summed E-state index contributed by atoms with van der Waals surface area (Å²) >= 11 is 0. The largest absolute Gasteiger partial charge is 0.397 e. The van der Waals surface area contributed by atoms with Gasteiger partial charge in [-0.15, -0.1) is 0 Å². The quantitative estimate of drug-likeness (QED) is 0.335. The van der Waals surface area contributed by atoms with Gasteiger partial charge in [-0.25, -0.2) is 4.18 Å². The van der Waals surface area contributed by atoms with E-state index in [1.54, 1.807) is 0 Å². The Morgan fingerprint density at radius 1 is 1.32 bits per heavy atom. The third-order valence-electron chi connectivity index (χ3n) is 2.47. The molecule has 10 nitrogen and oxygen atoms in total. The van der Waals surface area contributed by atoms with E-state index in [-0.39, 0.29) is 0 Å². The first-order chi connectivity index (χ1) is 8.61. The standard InChI is InChI=1S/C8H15NO9S/c1-3(10)9-5-7(12)6(11)4(18-8(5)13)2-17-19(14,15)16/h4-8,11-13H,2H2,1H3,(H,9,10)(H,14,15,16)/t4-,5+,6-,7-,8-/m1/s1. The average Bonchev–Trinajstić information content (AvgIpc) is 2.26. The van der Waals surface area contributed by atoms with Crippen LogP contribution < -0.4 is 5.32 Å². The van der Waals surface area contributed by atoms with Gasteiger partial charge in [0.2, 0.25) is 5.91 Å². The van der Waals surface area contributed by atoms with Crippen molar-refractivity contribution in [2.24, 2.45) is 0 Å². The second kappa shape index (κ2) is 6.09. The Kier molecular flexibility index (Phi) is 5.20. The number of carbonyl (C=O) groups excluding carboxylic acids is 1. The van der Waals surface area contributed by atoms with E-state index in [0.29, 0.717) is 0 Å². The molecule has 11 heteroatoms. The van der Waals surface area contributed by atoms with Gasteiger partial charge in [0.15, 0.2) is 6.29 Å². The maximum absolute atomic E-state index is 10.8. The van der Waals surface area contributed by atoms with Crippen LogP contribution in [0.5, 0.6) is 0 Å². The fraction of sp³-hybridized carbons (Fsp3) is 0.875. The number of rotatable bonds is 4. The number of nitrogens with one attached hydrogen (secondary N) is 1. The molecular formula is C8H15NO9S. The predicted octanol–water partition coefficient (Wildman–Crippen LogP) is -3.25. The van der Waals surface area contributed by atoms with Crippen molar-refractivity contribution >= 4 is 16.3 Å². The van der Waals surface area contributed by atoms with Crippen LogP contribution in [-0.2, 0) is 24.1 Å². The summed E-state index contributed by atoms with van der Waals surface area (Å²) in [6.07, 6.45) is -6.28. The van der Waals surface area contributed by atoms with E-state index < -0.39 is 53.6 Å². The number of aliphatic hydroxyl groups excluding tert-OH is 3. The maximum Gasteiger partial charge on any atom is 0.397 e. The van der Waals surface area contributed by atoms with Gasteiger partial charge >= 0.3 is 10.4 Å². The molecule has 112 valence electrons. The summed E-state index contributed by atoms with van der Waals surface area (Å²) in [5.74, 6) is -0.563. The summed E-state index contributed by atoms with van der Waals surface area (Å²) in [5, 5.41) is 31.0. The van der Waals surface area contributed by atoms with Crippen LogP contribution >= 0.6 is 0 Å². The van der Waals surface area contributed by atoms with Crippen molar-refractivity contribution in [3.8, 4) is 0 Å². The summed E-state index contributed by atoms with van der Waals surface area (Å²) < 4.78 is 37.9. The van der Waals surface area contributed by atoms with E-state index in [2.05, 4.69) is 9.50 Å². The van der Waals surface area contributed by atoms with Crippen molar-refractivity contribution in [2.45, 2.75) is 37.6 Å². The van der Waals surface area contributed by atoms with Crippen LogP contribution in [0.15, 0.2) is 0 Å². The molecule has 0 bridgehead atoms. The minimum absolute atomic E-state index is 0.563. The first-order valence-electron chi connectivity index (χ1n) is 5.20. The summed E-state index contributed by atoms with van der Waals surface area (Å²) in [6, 6.07) is -1.27. The van der Waals surface area contributed by atoms with Crippen molar-refractivity contribution in [3.05, 3.63) is 0 Å². The summed E-state index contributed by atoms with van der Waals surface area (Å²) in [7, 11) is -4.74. The molecule has 1 aliphatic heterocycles. The van der Waals surface area contributed by atoms with Gasteiger partial charge in [-0.3, -0.25) is 9.35 Å². The van der Waals surface area contributed by atoms with Crippen molar-refractivity contribution < 1.29 is 42.0 Å². The minimum atomic E-state index is -4.74. The molecule has 1 aliphatic rings. The van der Waals surface area contributed by atoms with E-state index in [1.165, 1.54) is 0 Å². The highest BCUT2D eigenvalue weighted by Gasteiger charge is 2.44. The van der Waals surface area contributed by atoms with E-state index >= 15 is 0 Å². The Hall–Kier alpha value is -0.820. The SMILES string of the molecule is CC(=O)N[C@H]1[C@@H](O)[C@H](O)[C@@H](COS(=O)(=O)O)O[C@H]1O. The third kappa shape index (κ3) is 4.65. The van der Waals surface area contributed by atoms with Crippen LogP contribution in [0.2, 0.25) is 0 Å². The van der Waals surface area contributed by atoms with Crippen molar-refractivity contribution in [1.29, 1.82) is 0 Å². The second-order valence-electron chi connectivity index (χ2n) is 3.98. The maximum atomic E-state index is 10.8. The lowest BCUT2D eigenvalue weighted by Gasteiger charge is -2.40. The predicted molar refractivity (Wildman–Crippen MR) is 58.0 cm³/mol. The van der Waals surface area contributed by atoms with Gasteiger partial charge in [0.1, 0.15) is 24.4 Å². The Balaban J connectivity index is 2.69. The molecule has 0 saturated carbocycles. The minimum Gasteiger partial charge on any atom is -0.388 e. The monoisotopic (exact) mass is 301 g/mol. The van der Waals surface area contributed by atoms with Crippen molar-refractivity contribution in [3.63, 3.8) is 0 Å². The molecule has 0 aromatic heterocycles. The van der Waals surface area contributed by atoms with Crippen LogP contribution in [-0.4, -0.2) is 71.4 Å². The Morgan fingerprint density at radius 2 is 1.89 bits per heavy atom. The number of ether oxygens (including phenoxy) is 1. The van der Waals surface area contributed by atoms with Crippen molar-refractivity contribution in [2.75, 3.05) is 6.61 Å². The van der Waals surface area contributed by atoms with Gasteiger partial charge in [-0.1, -0.05) is 0 Å². The van der Waals surface area contributed by atoms with Crippen molar-refractivity contribution in [1.82, 2.24) is 5.32 Å². The number of carbonyl (C=O) groups is 1. The molecule has 0 aromatic rings. The normalized spacial score (nSPS) is 35.9. The smallest absolute Gasteiger partial charge is 0.388 e. The molecule has 1 fully saturated rings. The second-order valence-corrected chi connectivity index (χ2v) is 5.08. The molecule has 19 heavy (non-hydrogen) atoms. The third-order valence-corrected chi connectivity index (χ3v) is 2.91. The van der Waals surface area contributed by atoms with E-state index in [4.69, 9.17) is 9.29 Å². The van der Waals surface area contributed by atoms with Gasteiger partial charge in [0, 0.05) is 6.92 Å². The lowest BCUT2D eigenvalue weighted by molar-refractivity contribution is -0.252. The molecule has 0 radical (unpaired) electrons. The zero-order valence-electron chi connectivity index (χ0n) is 9.83. The first kappa shape index (κ1) is 16.2. The molecule has 0 unspecified atom stereocenters. The van der Waals surface area contributed by atoms with Crippen LogP contribution in [0.25, 0.3) is 0 Å². The highest BCUT2D eigenvalue weighted by atomic mass is 32.3. The lowest BCUT2D eigenvalue weighted by Crippen LogP contribution is -2.64.